The molecule has 1 aromatic carbocycles. The van der Waals surface area contributed by atoms with Crippen LogP contribution in [0, 0.1) is 0 Å². The predicted molar refractivity (Wildman–Crippen MR) is 116 cm³/mol. The van der Waals surface area contributed by atoms with Gasteiger partial charge in [0.25, 0.3) is 0 Å². The largest absolute Gasteiger partial charge is 0.375 e. The molecule has 7 heteroatoms. The number of carbonyl (C=O) groups excluding carboxylic acids is 1. The van der Waals surface area contributed by atoms with Crippen LogP contribution in [0.1, 0.15) is 35.7 Å². The number of benzene rings is 1. The summed E-state index contributed by atoms with van der Waals surface area (Å²) in [6.45, 7) is 8.13. The smallest absolute Gasteiger partial charge is 0.241 e. The van der Waals surface area contributed by atoms with E-state index in [1.807, 2.05) is 17.9 Å². The van der Waals surface area contributed by atoms with Crippen molar-refractivity contribution in [1.82, 2.24) is 14.8 Å². The molecule has 3 heterocycles. The van der Waals surface area contributed by atoms with Crippen LogP contribution < -0.4 is 4.90 Å². The SMILES string of the molecule is CO[C@@H](C)c1nc(CN2CCCN(CC(=O)N3CCc4ccccc43)CC2)cs1. The van der Waals surface area contributed by atoms with Crippen LogP contribution in [-0.4, -0.2) is 67.1 Å². The third-order valence-corrected chi connectivity index (χ3v) is 6.94. The Bertz CT molecular complexity index is 840. The van der Waals surface area contributed by atoms with Gasteiger partial charge in [0, 0.05) is 44.4 Å². The zero-order valence-corrected chi connectivity index (χ0v) is 18.2. The van der Waals surface area contributed by atoms with Gasteiger partial charge in [-0.25, -0.2) is 4.98 Å². The Morgan fingerprint density at radius 3 is 2.83 bits per heavy atom. The number of fused-ring (bicyclic) bond motifs is 1. The molecule has 1 aromatic heterocycles. The van der Waals surface area contributed by atoms with Gasteiger partial charge in [-0.05, 0) is 44.5 Å². The van der Waals surface area contributed by atoms with Crippen LogP contribution in [0.5, 0.6) is 0 Å². The first-order chi connectivity index (χ1) is 14.1. The molecular weight excluding hydrogens is 384 g/mol. The van der Waals surface area contributed by atoms with Crippen LogP contribution in [0.15, 0.2) is 29.6 Å². The minimum atomic E-state index is 0.0510. The molecule has 1 amide bonds. The second-order valence-corrected chi connectivity index (χ2v) is 8.77. The van der Waals surface area contributed by atoms with Crippen LogP contribution in [0.2, 0.25) is 0 Å². The Morgan fingerprint density at radius 2 is 1.97 bits per heavy atom. The molecule has 29 heavy (non-hydrogen) atoms. The topological polar surface area (TPSA) is 48.9 Å². The maximum absolute atomic E-state index is 12.9. The van der Waals surface area contributed by atoms with E-state index in [4.69, 9.17) is 9.72 Å². The molecule has 6 nitrogen and oxygen atoms in total. The van der Waals surface area contributed by atoms with Gasteiger partial charge >= 0.3 is 0 Å². The standard InChI is InChI=1S/C22H30N4O2S/c1-17(28-2)22-23-19(16-29-22)14-24-9-5-10-25(13-12-24)15-21(27)26-11-8-18-6-3-4-7-20(18)26/h3-4,6-7,16-17H,5,8-15H2,1-2H3/t17-/m0/s1. The van der Waals surface area contributed by atoms with Crippen LogP contribution >= 0.6 is 11.3 Å². The monoisotopic (exact) mass is 414 g/mol. The number of methoxy groups -OCH3 is 1. The highest BCUT2D eigenvalue weighted by molar-refractivity contribution is 7.09. The van der Waals surface area contributed by atoms with Crippen LogP contribution in [0.4, 0.5) is 5.69 Å². The van der Waals surface area contributed by atoms with Crippen molar-refractivity contribution >= 4 is 22.9 Å². The number of amides is 1. The van der Waals surface area contributed by atoms with Gasteiger partial charge in [-0.15, -0.1) is 11.3 Å². The molecule has 0 N–H and O–H groups in total. The van der Waals surface area contributed by atoms with Gasteiger partial charge in [0.2, 0.25) is 5.91 Å². The highest BCUT2D eigenvalue weighted by Gasteiger charge is 2.26. The summed E-state index contributed by atoms with van der Waals surface area (Å²) in [6.07, 6.45) is 2.10. The quantitative estimate of drug-likeness (QED) is 0.727. The normalized spacial score (nSPS) is 19.2. The summed E-state index contributed by atoms with van der Waals surface area (Å²) < 4.78 is 5.37. The van der Waals surface area contributed by atoms with Gasteiger partial charge in [0.15, 0.2) is 0 Å². The summed E-state index contributed by atoms with van der Waals surface area (Å²) in [5.74, 6) is 0.223. The summed E-state index contributed by atoms with van der Waals surface area (Å²) in [6, 6.07) is 8.27. The number of hydrogen-bond acceptors (Lipinski definition) is 6. The van der Waals surface area contributed by atoms with Gasteiger partial charge < -0.3 is 9.64 Å². The van der Waals surface area contributed by atoms with E-state index in [0.717, 1.165) is 68.5 Å². The van der Waals surface area contributed by atoms with Crippen LogP contribution in [0.25, 0.3) is 0 Å². The molecule has 156 valence electrons. The molecule has 0 spiro atoms. The van der Waals surface area contributed by atoms with Crippen molar-refractivity contribution in [3.8, 4) is 0 Å². The number of carbonyl (C=O) groups is 1. The predicted octanol–water partition coefficient (Wildman–Crippen LogP) is 2.95. The third kappa shape index (κ3) is 4.86. The maximum atomic E-state index is 12.9. The molecule has 0 aliphatic carbocycles. The molecule has 0 bridgehead atoms. The fraction of sp³-hybridized carbons (Fsp3) is 0.545. The lowest BCUT2D eigenvalue weighted by atomic mass is 10.2. The van der Waals surface area contributed by atoms with Gasteiger partial charge in [-0.2, -0.15) is 0 Å². The molecule has 1 saturated heterocycles. The van der Waals surface area contributed by atoms with Crippen molar-refractivity contribution in [2.75, 3.05) is 51.3 Å². The first-order valence-corrected chi connectivity index (χ1v) is 11.3. The average Bonchev–Trinajstić information content (AvgIpc) is 3.32. The summed E-state index contributed by atoms with van der Waals surface area (Å²) in [5, 5.41) is 3.18. The number of thiazole rings is 1. The molecule has 4 rings (SSSR count). The van der Waals surface area contributed by atoms with Gasteiger partial charge in [-0.3, -0.25) is 14.6 Å². The summed E-state index contributed by atoms with van der Waals surface area (Å²) in [5.41, 5.74) is 3.50. The molecular formula is C22H30N4O2S. The third-order valence-electron chi connectivity index (χ3n) is 5.88. The zero-order chi connectivity index (χ0) is 20.2. The zero-order valence-electron chi connectivity index (χ0n) is 17.3. The number of rotatable bonds is 6. The second kappa shape index (κ2) is 9.34. The van der Waals surface area contributed by atoms with Crippen LogP contribution in [-0.2, 0) is 22.5 Å². The fourth-order valence-electron chi connectivity index (χ4n) is 4.13. The number of ether oxygens (including phenoxy) is 1. The van der Waals surface area contributed by atoms with Crippen molar-refractivity contribution in [3.63, 3.8) is 0 Å². The molecule has 0 radical (unpaired) electrons. The Labute approximate surface area is 177 Å². The number of aromatic nitrogens is 1. The minimum absolute atomic E-state index is 0.0510. The Balaban J connectivity index is 1.29. The number of anilines is 1. The minimum Gasteiger partial charge on any atom is -0.375 e. The fourth-order valence-corrected chi connectivity index (χ4v) is 4.97. The Hall–Kier alpha value is -1.80. The van der Waals surface area contributed by atoms with Crippen molar-refractivity contribution < 1.29 is 9.53 Å². The average molecular weight is 415 g/mol. The lowest BCUT2D eigenvalue weighted by Crippen LogP contribution is -2.41. The lowest BCUT2D eigenvalue weighted by molar-refractivity contribution is -0.119. The number of nitrogens with zero attached hydrogens (tertiary/aromatic N) is 4. The Kier molecular flexibility index (Phi) is 6.60. The van der Waals surface area contributed by atoms with Crippen molar-refractivity contribution in [1.29, 1.82) is 0 Å². The van der Waals surface area contributed by atoms with Crippen molar-refractivity contribution in [3.05, 3.63) is 45.9 Å². The van der Waals surface area contributed by atoms with Crippen molar-refractivity contribution in [2.24, 2.45) is 0 Å². The van der Waals surface area contributed by atoms with Gasteiger partial charge in [0.1, 0.15) is 11.1 Å². The summed E-state index contributed by atoms with van der Waals surface area (Å²) in [7, 11) is 1.72. The van der Waals surface area contributed by atoms with E-state index in [-0.39, 0.29) is 12.0 Å². The second-order valence-electron chi connectivity index (χ2n) is 7.88. The number of hydrogen-bond donors (Lipinski definition) is 0. The summed E-state index contributed by atoms with van der Waals surface area (Å²) in [4.78, 5) is 24.4. The summed E-state index contributed by atoms with van der Waals surface area (Å²) >= 11 is 1.67. The number of para-hydroxylation sites is 1. The van der Waals surface area contributed by atoms with Crippen LogP contribution in [0.3, 0.4) is 0 Å². The molecule has 2 aliphatic rings. The van der Waals surface area contributed by atoms with E-state index in [0.29, 0.717) is 6.54 Å². The first kappa shape index (κ1) is 20.5. The maximum Gasteiger partial charge on any atom is 0.241 e. The molecule has 0 unspecified atom stereocenters. The molecule has 2 aromatic rings. The van der Waals surface area contributed by atoms with E-state index < -0.39 is 0 Å². The van der Waals surface area contributed by atoms with E-state index in [1.165, 1.54) is 5.56 Å². The molecule has 1 fully saturated rings. The van der Waals surface area contributed by atoms with Gasteiger partial charge in [-0.1, -0.05) is 18.2 Å². The lowest BCUT2D eigenvalue weighted by Gasteiger charge is -2.24. The van der Waals surface area contributed by atoms with E-state index in [1.54, 1.807) is 18.4 Å². The van der Waals surface area contributed by atoms with Crippen molar-refractivity contribution in [2.45, 2.75) is 32.4 Å². The molecule has 1 atom stereocenters. The van der Waals surface area contributed by atoms with Gasteiger partial charge in [0.05, 0.1) is 12.2 Å². The first-order valence-electron chi connectivity index (χ1n) is 10.4. The van der Waals surface area contributed by atoms with E-state index in [2.05, 4.69) is 33.4 Å². The highest BCUT2D eigenvalue weighted by atomic mass is 32.1. The highest BCUT2D eigenvalue weighted by Crippen LogP contribution is 2.27. The Morgan fingerprint density at radius 1 is 1.17 bits per heavy atom. The molecule has 0 saturated carbocycles. The van der Waals surface area contributed by atoms with E-state index in [9.17, 15) is 4.79 Å². The molecule has 2 aliphatic heterocycles. The van der Waals surface area contributed by atoms with E-state index >= 15 is 0 Å².